The molecule has 0 bridgehead atoms. The van der Waals surface area contributed by atoms with E-state index in [1.54, 1.807) is 0 Å². The number of anilines is 1. The Kier molecular flexibility index (Phi) is 5.88. The van der Waals surface area contributed by atoms with Crippen molar-refractivity contribution < 1.29 is 9.53 Å². The summed E-state index contributed by atoms with van der Waals surface area (Å²) in [5.41, 5.74) is 1.31. The zero-order valence-electron chi connectivity index (χ0n) is 13.7. The molecule has 126 valence electrons. The summed E-state index contributed by atoms with van der Waals surface area (Å²) in [6, 6.07) is 10.6. The number of carbonyl (C=O) groups is 1. The number of para-hydroxylation sites is 1. The minimum Gasteiger partial charge on any atom is -0.381 e. The normalized spacial score (nSPS) is 20.4. The smallest absolute Gasteiger partial charge is 0.223 e. The quantitative estimate of drug-likeness (QED) is 0.890. The van der Waals surface area contributed by atoms with Crippen LogP contribution in [0.5, 0.6) is 0 Å². The van der Waals surface area contributed by atoms with Crippen molar-refractivity contribution in [3.63, 3.8) is 0 Å². The molecular weight excluding hydrogens is 290 g/mol. The molecule has 1 amide bonds. The van der Waals surface area contributed by atoms with Gasteiger partial charge in [-0.2, -0.15) is 0 Å². The molecule has 2 fully saturated rings. The highest BCUT2D eigenvalue weighted by Crippen LogP contribution is 2.16. The number of rotatable bonds is 5. The van der Waals surface area contributed by atoms with Crippen LogP contribution in [0.1, 0.15) is 12.8 Å². The van der Waals surface area contributed by atoms with Crippen LogP contribution in [0, 0.1) is 5.92 Å². The van der Waals surface area contributed by atoms with Crippen LogP contribution in [0.15, 0.2) is 30.3 Å². The van der Waals surface area contributed by atoms with Gasteiger partial charge in [-0.25, -0.2) is 0 Å². The first-order valence-electron chi connectivity index (χ1n) is 8.71. The number of amides is 1. The van der Waals surface area contributed by atoms with Gasteiger partial charge >= 0.3 is 0 Å². The second kappa shape index (κ2) is 8.31. The molecular formula is C18H27N3O2. The number of nitrogens with one attached hydrogen (secondary N) is 1. The first-order chi connectivity index (χ1) is 11.3. The van der Waals surface area contributed by atoms with Gasteiger partial charge < -0.3 is 15.0 Å². The Morgan fingerprint density at radius 3 is 2.48 bits per heavy atom. The van der Waals surface area contributed by atoms with Crippen molar-refractivity contribution in [1.82, 2.24) is 10.2 Å². The Morgan fingerprint density at radius 1 is 1.09 bits per heavy atom. The third kappa shape index (κ3) is 4.69. The predicted molar refractivity (Wildman–Crippen MR) is 91.6 cm³/mol. The van der Waals surface area contributed by atoms with Crippen molar-refractivity contribution in [3.05, 3.63) is 30.3 Å². The Hall–Kier alpha value is -1.59. The van der Waals surface area contributed by atoms with E-state index in [0.29, 0.717) is 0 Å². The standard InChI is InChI=1S/C18H27N3O2/c22-18(16-6-14-23-15-7-16)19-8-9-20-10-12-21(13-11-20)17-4-2-1-3-5-17/h1-5,16H,6-15H2,(H,19,22). The molecule has 2 aliphatic rings. The monoisotopic (exact) mass is 317 g/mol. The Morgan fingerprint density at radius 2 is 1.78 bits per heavy atom. The zero-order valence-corrected chi connectivity index (χ0v) is 13.7. The summed E-state index contributed by atoms with van der Waals surface area (Å²) >= 11 is 0. The number of nitrogens with zero attached hydrogens (tertiary/aromatic N) is 2. The van der Waals surface area contributed by atoms with Gasteiger partial charge in [-0.05, 0) is 25.0 Å². The summed E-state index contributed by atoms with van der Waals surface area (Å²) in [6.45, 7) is 7.36. The van der Waals surface area contributed by atoms with Crippen molar-refractivity contribution >= 4 is 11.6 Å². The van der Waals surface area contributed by atoms with E-state index in [0.717, 1.165) is 65.3 Å². The number of piperazine rings is 1. The average molecular weight is 317 g/mol. The summed E-state index contributed by atoms with van der Waals surface area (Å²) in [7, 11) is 0. The molecule has 5 heteroatoms. The van der Waals surface area contributed by atoms with E-state index in [4.69, 9.17) is 4.74 Å². The lowest BCUT2D eigenvalue weighted by atomic mass is 9.99. The highest BCUT2D eigenvalue weighted by Gasteiger charge is 2.21. The predicted octanol–water partition coefficient (Wildman–Crippen LogP) is 1.35. The summed E-state index contributed by atoms with van der Waals surface area (Å²) in [5, 5.41) is 3.09. The minimum atomic E-state index is 0.152. The van der Waals surface area contributed by atoms with Crippen molar-refractivity contribution in [2.24, 2.45) is 5.92 Å². The van der Waals surface area contributed by atoms with Crippen LogP contribution >= 0.6 is 0 Å². The molecule has 0 unspecified atom stereocenters. The maximum atomic E-state index is 12.1. The maximum absolute atomic E-state index is 12.1. The Labute approximate surface area is 138 Å². The fourth-order valence-corrected chi connectivity index (χ4v) is 3.31. The van der Waals surface area contributed by atoms with Gasteiger partial charge in [-0.15, -0.1) is 0 Å². The van der Waals surface area contributed by atoms with Crippen molar-refractivity contribution in [3.8, 4) is 0 Å². The van der Waals surface area contributed by atoms with E-state index >= 15 is 0 Å². The second-order valence-electron chi connectivity index (χ2n) is 6.34. The van der Waals surface area contributed by atoms with Crippen molar-refractivity contribution in [2.45, 2.75) is 12.8 Å². The SMILES string of the molecule is O=C(NCCN1CCN(c2ccccc2)CC1)C1CCOCC1. The lowest BCUT2D eigenvalue weighted by Crippen LogP contribution is -2.49. The Bertz CT molecular complexity index is 480. The summed E-state index contributed by atoms with van der Waals surface area (Å²) in [6.07, 6.45) is 1.73. The molecule has 1 N–H and O–H groups in total. The largest absolute Gasteiger partial charge is 0.381 e. The van der Waals surface area contributed by atoms with Gasteiger partial charge in [0, 0.05) is 64.1 Å². The van der Waals surface area contributed by atoms with Gasteiger partial charge in [0.15, 0.2) is 0 Å². The van der Waals surface area contributed by atoms with E-state index in [1.165, 1.54) is 5.69 Å². The minimum absolute atomic E-state index is 0.152. The molecule has 2 heterocycles. The van der Waals surface area contributed by atoms with Gasteiger partial charge in [0.05, 0.1) is 0 Å². The number of hydrogen-bond acceptors (Lipinski definition) is 4. The Balaban J connectivity index is 1.34. The van der Waals surface area contributed by atoms with Crippen molar-refractivity contribution in [1.29, 1.82) is 0 Å². The third-order valence-electron chi connectivity index (χ3n) is 4.81. The zero-order chi connectivity index (χ0) is 15.9. The van der Waals surface area contributed by atoms with E-state index in [9.17, 15) is 4.79 Å². The fraction of sp³-hybridized carbons (Fsp3) is 0.611. The van der Waals surface area contributed by atoms with Crippen LogP contribution in [0.3, 0.4) is 0 Å². The van der Waals surface area contributed by atoms with Crippen molar-refractivity contribution in [2.75, 3.05) is 57.4 Å². The highest BCUT2D eigenvalue weighted by atomic mass is 16.5. The molecule has 3 rings (SSSR count). The fourth-order valence-electron chi connectivity index (χ4n) is 3.31. The van der Waals surface area contributed by atoms with Crippen LogP contribution < -0.4 is 10.2 Å². The molecule has 5 nitrogen and oxygen atoms in total. The van der Waals surface area contributed by atoms with Gasteiger partial charge in [0.2, 0.25) is 5.91 Å². The van der Waals surface area contributed by atoms with Crippen LogP contribution in [-0.4, -0.2) is 63.3 Å². The lowest BCUT2D eigenvalue weighted by Gasteiger charge is -2.36. The number of hydrogen-bond donors (Lipinski definition) is 1. The molecule has 0 atom stereocenters. The molecule has 23 heavy (non-hydrogen) atoms. The molecule has 0 aromatic heterocycles. The first-order valence-corrected chi connectivity index (χ1v) is 8.71. The molecule has 2 saturated heterocycles. The van der Waals surface area contributed by atoms with E-state index in [2.05, 4.69) is 45.4 Å². The van der Waals surface area contributed by atoms with E-state index < -0.39 is 0 Å². The van der Waals surface area contributed by atoms with Crippen LogP contribution in [0.4, 0.5) is 5.69 Å². The molecule has 2 aliphatic heterocycles. The van der Waals surface area contributed by atoms with Crippen LogP contribution in [-0.2, 0) is 9.53 Å². The summed E-state index contributed by atoms with van der Waals surface area (Å²) < 4.78 is 5.30. The second-order valence-corrected chi connectivity index (χ2v) is 6.34. The molecule has 0 saturated carbocycles. The summed E-state index contributed by atoms with van der Waals surface area (Å²) in [4.78, 5) is 16.9. The topological polar surface area (TPSA) is 44.8 Å². The maximum Gasteiger partial charge on any atom is 0.223 e. The molecule has 0 radical (unpaired) electrons. The average Bonchev–Trinajstić information content (AvgIpc) is 2.64. The molecule has 0 spiro atoms. The number of ether oxygens (including phenoxy) is 1. The lowest BCUT2D eigenvalue weighted by molar-refractivity contribution is -0.127. The van der Waals surface area contributed by atoms with Crippen LogP contribution in [0.25, 0.3) is 0 Å². The van der Waals surface area contributed by atoms with Gasteiger partial charge in [0.25, 0.3) is 0 Å². The van der Waals surface area contributed by atoms with Gasteiger partial charge in [0.1, 0.15) is 0 Å². The number of carbonyl (C=O) groups excluding carboxylic acids is 1. The molecule has 0 aliphatic carbocycles. The molecule has 1 aromatic carbocycles. The highest BCUT2D eigenvalue weighted by molar-refractivity contribution is 5.78. The third-order valence-corrected chi connectivity index (χ3v) is 4.81. The summed E-state index contributed by atoms with van der Waals surface area (Å²) in [5.74, 6) is 0.356. The van der Waals surface area contributed by atoms with Crippen LogP contribution in [0.2, 0.25) is 0 Å². The number of benzene rings is 1. The molecule has 1 aromatic rings. The van der Waals surface area contributed by atoms with E-state index in [1.807, 2.05) is 0 Å². The van der Waals surface area contributed by atoms with E-state index in [-0.39, 0.29) is 11.8 Å². The van der Waals surface area contributed by atoms with Gasteiger partial charge in [-0.3, -0.25) is 9.69 Å². The van der Waals surface area contributed by atoms with Gasteiger partial charge in [-0.1, -0.05) is 18.2 Å². The first kappa shape index (κ1) is 16.3.